The van der Waals surface area contributed by atoms with Gasteiger partial charge in [-0.3, -0.25) is 9.48 Å². The van der Waals surface area contributed by atoms with Crippen LogP contribution in [0.5, 0.6) is 0 Å². The van der Waals surface area contributed by atoms with E-state index in [4.69, 9.17) is 0 Å². The van der Waals surface area contributed by atoms with E-state index in [0.717, 1.165) is 6.07 Å². The summed E-state index contributed by atoms with van der Waals surface area (Å²) < 4.78 is 40.1. The van der Waals surface area contributed by atoms with Crippen molar-refractivity contribution in [1.29, 1.82) is 0 Å². The lowest BCUT2D eigenvalue weighted by molar-refractivity contribution is -0.137. The van der Waals surface area contributed by atoms with Crippen molar-refractivity contribution in [3.63, 3.8) is 0 Å². The lowest BCUT2D eigenvalue weighted by atomic mass is 10.0. The maximum atomic E-state index is 12.9. The van der Waals surface area contributed by atoms with E-state index < -0.39 is 17.5 Å². The fourth-order valence-electron chi connectivity index (χ4n) is 1.98. The zero-order valence-corrected chi connectivity index (χ0v) is 11.0. The molecule has 2 aromatic rings. The van der Waals surface area contributed by atoms with Crippen molar-refractivity contribution in [2.45, 2.75) is 19.5 Å². The van der Waals surface area contributed by atoms with Gasteiger partial charge in [0.2, 0.25) is 5.78 Å². The number of hydrogen-bond donors (Lipinski definition) is 0. The van der Waals surface area contributed by atoms with Gasteiger partial charge in [-0.1, -0.05) is 25.1 Å². The predicted molar refractivity (Wildman–Crippen MR) is 67.5 cm³/mol. The number of nitrogens with zero attached hydrogens (tertiary/aromatic N) is 2. The topological polar surface area (TPSA) is 34.9 Å². The van der Waals surface area contributed by atoms with Gasteiger partial charge in [0, 0.05) is 12.6 Å². The number of aryl methyl sites for hydroxylation is 2. The second-order valence-corrected chi connectivity index (χ2v) is 4.37. The van der Waals surface area contributed by atoms with Crippen molar-refractivity contribution >= 4 is 5.78 Å². The van der Waals surface area contributed by atoms with Crippen LogP contribution in [0.25, 0.3) is 0 Å². The Bertz CT molecular complexity index is 644. The third kappa shape index (κ3) is 2.59. The Morgan fingerprint density at radius 2 is 1.95 bits per heavy atom. The maximum Gasteiger partial charge on any atom is 0.417 e. The molecule has 0 spiro atoms. The Balaban J connectivity index is 2.51. The minimum atomic E-state index is -4.56. The molecule has 0 bridgehead atoms. The molecule has 0 radical (unpaired) electrons. The Labute approximate surface area is 114 Å². The molecule has 0 aliphatic rings. The highest BCUT2D eigenvalue weighted by molar-refractivity contribution is 6.09. The van der Waals surface area contributed by atoms with Crippen LogP contribution >= 0.6 is 0 Å². The fraction of sp³-hybridized carbons (Fsp3) is 0.286. The first-order valence-corrected chi connectivity index (χ1v) is 6.08. The molecule has 0 fully saturated rings. The summed E-state index contributed by atoms with van der Waals surface area (Å²) >= 11 is 0. The third-order valence-corrected chi connectivity index (χ3v) is 3.00. The van der Waals surface area contributed by atoms with Crippen LogP contribution in [0.1, 0.15) is 34.2 Å². The van der Waals surface area contributed by atoms with E-state index in [1.807, 2.05) is 6.92 Å². The summed E-state index contributed by atoms with van der Waals surface area (Å²) in [4.78, 5) is 12.3. The van der Waals surface area contributed by atoms with Crippen LogP contribution in [-0.4, -0.2) is 15.6 Å². The van der Waals surface area contributed by atoms with E-state index in [1.165, 1.54) is 28.9 Å². The second-order valence-electron chi connectivity index (χ2n) is 4.37. The fourth-order valence-corrected chi connectivity index (χ4v) is 1.98. The summed E-state index contributed by atoms with van der Waals surface area (Å²) in [6.45, 7) is 1.86. The molecular formula is C14H13F3N2O. The quantitative estimate of drug-likeness (QED) is 0.810. The second kappa shape index (κ2) is 5.11. The summed E-state index contributed by atoms with van der Waals surface area (Å²) in [5, 5.41) is 4.08. The van der Waals surface area contributed by atoms with E-state index in [2.05, 4.69) is 5.10 Å². The molecule has 0 aliphatic heterocycles. The molecule has 106 valence electrons. The highest BCUT2D eigenvalue weighted by Crippen LogP contribution is 2.32. The molecule has 0 N–H and O–H groups in total. The number of rotatable bonds is 3. The molecule has 0 amide bonds. The lowest BCUT2D eigenvalue weighted by Gasteiger charge is -2.11. The first-order chi connectivity index (χ1) is 9.34. The number of ketones is 1. The van der Waals surface area contributed by atoms with Gasteiger partial charge in [0.15, 0.2) is 0 Å². The van der Waals surface area contributed by atoms with E-state index in [-0.39, 0.29) is 11.3 Å². The Morgan fingerprint density at radius 1 is 1.30 bits per heavy atom. The average Bonchev–Trinajstić information content (AvgIpc) is 2.78. The first kappa shape index (κ1) is 14.3. The number of halogens is 3. The number of benzene rings is 1. The molecule has 0 saturated heterocycles. The van der Waals surface area contributed by atoms with Crippen LogP contribution in [0.2, 0.25) is 0 Å². The van der Waals surface area contributed by atoms with Crippen LogP contribution < -0.4 is 0 Å². The summed E-state index contributed by atoms with van der Waals surface area (Å²) in [5.41, 5.74) is -0.464. The van der Waals surface area contributed by atoms with E-state index >= 15 is 0 Å². The minimum absolute atomic E-state index is 0.151. The van der Waals surface area contributed by atoms with Gasteiger partial charge in [-0.05, 0) is 18.6 Å². The van der Waals surface area contributed by atoms with Crippen molar-refractivity contribution in [3.05, 3.63) is 52.8 Å². The van der Waals surface area contributed by atoms with Crippen LogP contribution in [0.15, 0.2) is 30.3 Å². The Hall–Kier alpha value is -2.11. The lowest BCUT2D eigenvalue weighted by Crippen LogP contribution is -2.15. The number of hydrogen-bond acceptors (Lipinski definition) is 2. The zero-order valence-electron chi connectivity index (χ0n) is 11.0. The van der Waals surface area contributed by atoms with Gasteiger partial charge in [-0.25, -0.2) is 0 Å². The number of alkyl halides is 3. The van der Waals surface area contributed by atoms with Crippen LogP contribution in [-0.2, 0) is 19.6 Å². The average molecular weight is 282 g/mol. The SMILES string of the molecule is CCc1cc(C(=O)c2ccccc2C(F)(F)F)n(C)n1. The summed E-state index contributed by atoms with van der Waals surface area (Å²) in [5.74, 6) is -0.673. The number of carbonyl (C=O) groups excluding carboxylic acids is 1. The normalized spacial score (nSPS) is 11.7. The monoisotopic (exact) mass is 282 g/mol. The number of carbonyl (C=O) groups is 1. The smallest absolute Gasteiger partial charge is 0.287 e. The van der Waals surface area contributed by atoms with Crippen molar-refractivity contribution < 1.29 is 18.0 Å². The molecule has 20 heavy (non-hydrogen) atoms. The first-order valence-electron chi connectivity index (χ1n) is 6.08. The standard InChI is InChI=1S/C14H13F3N2O/c1-3-9-8-12(19(2)18-9)13(20)10-6-4-5-7-11(10)14(15,16)17/h4-8H,3H2,1-2H3. The van der Waals surface area contributed by atoms with Crippen LogP contribution in [0, 0.1) is 0 Å². The summed E-state index contributed by atoms with van der Waals surface area (Å²) in [6, 6.07) is 6.30. The molecule has 1 aromatic carbocycles. The van der Waals surface area contributed by atoms with Crippen molar-refractivity contribution in [2.24, 2.45) is 7.05 Å². The Kier molecular flexibility index (Phi) is 3.65. The van der Waals surface area contributed by atoms with Crippen molar-refractivity contribution in [3.8, 4) is 0 Å². The van der Waals surface area contributed by atoms with Crippen LogP contribution in [0.3, 0.4) is 0 Å². The van der Waals surface area contributed by atoms with Gasteiger partial charge < -0.3 is 0 Å². The van der Waals surface area contributed by atoms with Crippen molar-refractivity contribution in [2.75, 3.05) is 0 Å². The largest absolute Gasteiger partial charge is 0.417 e. The molecule has 6 heteroatoms. The van der Waals surface area contributed by atoms with E-state index in [9.17, 15) is 18.0 Å². The van der Waals surface area contributed by atoms with E-state index in [0.29, 0.717) is 12.1 Å². The summed E-state index contributed by atoms with van der Waals surface area (Å²) in [7, 11) is 1.54. The Morgan fingerprint density at radius 3 is 2.50 bits per heavy atom. The molecule has 3 nitrogen and oxygen atoms in total. The molecule has 0 unspecified atom stereocenters. The maximum absolute atomic E-state index is 12.9. The molecule has 1 heterocycles. The van der Waals surface area contributed by atoms with Gasteiger partial charge in [0.25, 0.3) is 0 Å². The summed E-state index contributed by atoms with van der Waals surface area (Å²) in [6.07, 6.45) is -3.94. The molecule has 0 aliphatic carbocycles. The zero-order chi connectivity index (χ0) is 14.9. The number of aromatic nitrogens is 2. The molecular weight excluding hydrogens is 269 g/mol. The minimum Gasteiger partial charge on any atom is -0.287 e. The van der Waals surface area contributed by atoms with Gasteiger partial charge in [0.05, 0.1) is 11.3 Å². The van der Waals surface area contributed by atoms with Gasteiger partial charge in [0.1, 0.15) is 5.69 Å². The highest BCUT2D eigenvalue weighted by Gasteiger charge is 2.35. The molecule has 0 atom stereocenters. The molecule has 0 saturated carbocycles. The molecule has 2 rings (SSSR count). The highest BCUT2D eigenvalue weighted by atomic mass is 19.4. The van der Waals surface area contributed by atoms with Gasteiger partial charge in [-0.15, -0.1) is 0 Å². The predicted octanol–water partition coefficient (Wildman–Crippen LogP) is 3.23. The third-order valence-electron chi connectivity index (χ3n) is 3.00. The molecule has 1 aromatic heterocycles. The van der Waals surface area contributed by atoms with Gasteiger partial charge in [-0.2, -0.15) is 18.3 Å². The van der Waals surface area contributed by atoms with E-state index in [1.54, 1.807) is 7.05 Å². The van der Waals surface area contributed by atoms with Crippen molar-refractivity contribution in [1.82, 2.24) is 9.78 Å². The van der Waals surface area contributed by atoms with Crippen LogP contribution in [0.4, 0.5) is 13.2 Å². The van der Waals surface area contributed by atoms with Gasteiger partial charge >= 0.3 is 6.18 Å².